The van der Waals surface area contributed by atoms with Crippen molar-refractivity contribution in [1.29, 1.82) is 0 Å². The lowest BCUT2D eigenvalue weighted by atomic mass is 9.99. The van der Waals surface area contributed by atoms with Gasteiger partial charge in [0.25, 0.3) is 0 Å². The molecule has 1 aliphatic rings. The standard InChI is InChI=1S/C11H20N2O5S/c1-7-4-13(5-9(7)10(14)15)11(16)12-8(2)6-19(3,17)18/h7-9H,4-6H2,1-3H3,(H,12,16)(H,14,15)/t7-,8?,9-/m1/s1. The Balaban J connectivity index is 2.54. The zero-order chi connectivity index (χ0) is 14.8. The maximum Gasteiger partial charge on any atom is 0.317 e. The van der Waals surface area contributed by atoms with E-state index in [0.29, 0.717) is 6.54 Å². The van der Waals surface area contributed by atoms with Crippen LogP contribution >= 0.6 is 0 Å². The van der Waals surface area contributed by atoms with Gasteiger partial charge < -0.3 is 15.3 Å². The monoisotopic (exact) mass is 292 g/mol. The summed E-state index contributed by atoms with van der Waals surface area (Å²) in [5.41, 5.74) is 0. The summed E-state index contributed by atoms with van der Waals surface area (Å²) in [7, 11) is -3.15. The molecule has 3 atom stereocenters. The topological polar surface area (TPSA) is 104 Å². The lowest BCUT2D eigenvalue weighted by molar-refractivity contribution is -0.142. The van der Waals surface area contributed by atoms with Crippen LogP contribution in [0.15, 0.2) is 0 Å². The number of carbonyl (C=O) groups excluding carboxylic acids is 1. The predicted octanol–water partition coefficient (Wildman–Crippen LogP) is -0.218. The minimum absolute atomic E-state index is 0.103. The second-order valence-electron chi connectivity index (χ2n) is 5.27. The molecule has 0 radical (unpaired) electrons. The van der Waals surface area contributed by atoms with E-state index in [0.717, 1.165) is 6.26 Å². The van der Waals surface area contributed by atoms with Crippen molar-refractivity contribution < 1.29 is 23.1 Å². The van der Waals surface area contributed by atoms with Crippen molar-refractivity contribution in [1.82, 2.24) is 10.2 Å². The molecule has 0 saturated carbocycles. The molecule has 8 heteroatoms. The number of hydrogen-bond acceptors (Lipinski definition) is 4. The SMILES string of the molecule is CC(CS(C)(=O)=O)NC(=O)N1C[C@@H](C)[C@H](C(=O)O)C1. The van der Waals surface area contributed by atoms with Crippen molar-refractivity contribution in [3.63, 3.8) is 0 Å². The quantitative estimate of drug-likeness (QED) is 0.745. The lowest BCUT2D eigenvalue weighted by Crippen LogP contribution is -2.45. The highest BCUT2D eigenvalue weighted by Gasteiger charge is 2.37. The number of amides is 2. The van der Waals surface area contributed by atoms with Crippen LogP contribution in [-0.2, 0) is 14.6 Å². The third-order valence-corrected chi connectivity index (χ3v) is 4.24. The Bertz CT molecular complexity index is 462. The van der Waals surface area contributed by atoms with Crippen molar-refractivity contribution in [2.45, 2.75) is 19.9 Å². The first-order valence-corrected chi connectivity index (χ1v) is 8.12. The third kappa shape index (κ3) is 4.70. The van der Waals surface area contributed by atoms with Crippen LogP contribution in [0.1, 0.15) is 13.8 Å². The molecule has 0 aromatic rings. The minimum Gasteiger partial charge on any atom is -0.481 e. The average Bonchev–Trinajstić information content (AvgIpc) is 2.57. The second-order valence-corrected chi connectivity index (χ2v) is 7.45. The summed E-state index contributed by atoms with van der Waals surface area (Å²) in [6.45, 7) is 3.92. The zero-order valence-corrected chi connectivity index (χ0v) is 12.1. The fraction of sp³-hybridized carbons (Fsp3) is 0.818. The van der Waals surface area contributed by atoms with Crippen LogP contribution < -0.4 is 5.32 Å². The molecule has 1 heterocycles. The number of likely N-dealkylation sites (tertiary alicyclic amines) is 1. The molecular weight excluding hydrogens is 272 g/mol. The first-order valence-electron chi connectivity index (χ1n) is 6.06. The molecule has 7 nitrogen and oxygen atoms in total. The molecule has 110 valence electrons. The molecule has 1 unspecified atom stereocenters. The van der Waals surface area contributed by atoms with Gasteiger partial charge in [0.15, 0.2) is 0 Å². The fourth-order valence-electron chi connectivity index (χ4n) is 2.25. The number of sulfone groups is 1. The van der Waals surface area contributed by atoms with Gasteiger partial charge in [0.2, 0.25) is 0 Å². The molecule has 0 spiro atoms. The zero-order valence-electron chi connectivity index (χ0n) is 11.3. The van der Waals surface area contributed by atoms with Gasteiger partial charge in [-0.25, -0.2) is 13.2 Å². The largest absolute Gasteiger partial charge is 0.481 e. The maximum atomic E-state index is 11.9. The number of nitrogens with zero attached hydrogens (tertiary/aromatic N) is 1. The highest BCUT2D eigenvalue weighted by Crippen LogP contribution is 2.23. The normalized spacial score (nSPS) is 25.1. The molecule has 1 saturated heterocycles. The van der Waals surface area contributed by atoms with E-state index in [9.17, 15) is 18.0 Å². The maximum absolute atomic E-state index is 11.9. The van der Waals surface area contributed by atoms with E-state index in [1.807, 2.05) is 0 Å². The number of carboxylic acid groups (broad SMARTS) is 1. The third-order valence-electron chi connectivity index (χ3n) is 3.14. The van der Waals surface area contributed by atoms with E-state index in [4.69, 9.17) is 5.11 Å². The number of rotatable bonds is 4. The highest BCUT2D eigenvalue weighted by atomic mass is 32.2. The Hall–Kier alpha value is -1.31. The summed E-state index contributed by atoms with van der Waals surface area (Å²) < 4.78 is 22.2. The Morgan fingerprint density at radius 3 is 2.42 bits per heavy atom. The van der Waals surface area contributed by atoms with Crippen LogP contribution in [0.5, 0.6) is 0 Å². The Morgan fingerprint density at radius 1 is 1.42 bits per heavy atom. The molecule has 0 bridgehead atoms. The molecule has 19 heavy (non-hydrogen) atoms. The van der Waals surface area contributed by atoms with Gasteiger partial charge in [-0.15, -0.1) is 0 Å². The Labute approximate surface area is 112 Å². The van der Waals surface area contributed by atoms with Crippen LogP contribution in [-0.4, -0.2) is 61.6 Å². The number of carbonyl (C=O) groups is 2. The van der Waals surface area contributed by atoms with Crippen molar-refractivity contribution >= 4 is 21.8 Å². The summed E-state index contributed by atoms with van der Waals surface area (Å²) in [5, 5.41) is 11.6. The second kappa shape index (κ2) is 5.77. The van der Waals surface area contributed by atoms with Gasteiger partial charge >= 0.3 is 12.0 Å². The summed E-state index contributed by atoms with van der Waals surface area (Å²) in [6.07, 6.45) is 1.11. The minimum atomic E-state index is -3.15. The summed E-state index contributed by atoms with van der Waals surface area (Å²) in [6, 6.07) is -0.909. The Morgan fingerprint density at radius 2 is 2.00 bits per heavy atom. The van der Waals surface area contributed by atoms with Crippen LogP contribution in [0, 0.1) is 11.8 Å². The van der Waals surface area contributed by atoms with Gasteiger partial charge in [-0.3, -0.25) is 4.79 Å². The van der Waals surface area contributed by atoms with Crippen LogP contribution in [0.3, 0.4) is 0 Å². The van der Waals surface area contributed by atoms with Gasteiger partial charge in [0.05, 0.1) is 11.7 Å². The van der Waals surface area contributed by atoms with Crippen LogP contribution in [0.4, 0.5) is 4.79 Å². The number of nitrogens with one attached hydrogen (secondary N) is 1. The molecule has 2 amide bonds. The lowest BCUT2D eigenvalue weighted by Gasteiger charge is -2.20. The van der Waals surface area contributed by atoms with Gasteiger partial charge in [0, 0.05) is 25.4 Å². The van der Waals surface area contributed by atoms with E-state index < -0.39 is 33.8 Å². The van der Waals surface area contributed by atoms with Crippen molar-refractivity contribution in [3.05, 3.63) is 0 Å². The Kier molecular flexibility index (Phi) is 4.78. The molecule has 1 fully saturated rings. The first-order chi connectivity index (χ1) is 8.60. The predicted molar refractivity (Wildman–Crippen MR) is 69.6 cm³/mol. The highest BCUT2D eigenvalue weighted by molar-refractivity contribution is 7.90. The number of urea groups is 1. The van der Waals surface area contributed by atoms with Gasteiger partial charge in [-0.05, 0) is 12.8 Å². The fourth-order valence-corrected chi connectivity index (χ4v) is 3.24. The molecular formula is C11H20N2O5S. The van der Waals surface area contributed by atoms with E-state index in [-0.39, 0.29) is 18.2 Å². The van der Waals surface area contributed by atoms with Crippen molar-refractivity contribution in [3.8, 4) is 0 Å². The molecule has 0 aromatic carbocycles. The summed E-state index contributed by atoms with van der Waals surface area (Å²) in [4.78, 5) is 24.3. The average molecular weight is 292 g/mol. The molecule has 0 aliphatic carbocycles. The first kappa shape index (κ1) is 15.7. The van der Waals surface area contributed by atoms with E-state index >= 15 is 0 Å². The molecule has 0 aromatic heterocycles. The smallest absolute Gasteiger partial charge is 0.317 e. The molecule has 1 rings (SSSR count). The van der Waals surface area contributed by atoms with Crippen molar-refractivity contribution in [2.75, 3.05) is 25.1 Å². The van der Waals surface area contributed by atoms with E-state index in [2.05, 4.69) is 5.32 Å². The number of aliphatic carboxylic acids is 1. The number of hydrogen-bond donors (Lipinski definition) is 2. The summed E-state index contributed by atoms with van der Waals surface area (Å²) in [5.74, 6) is -1.71. The van der Waals surface area contributed by atoms with E-state index in [1.54, 1.807) is 13.8 Å². The van der Waals surface area contributed by atoms with E-state index in [1.165, 1.54) is 4.90 Å². The van der Waals surface area contributed by atoms with Crippen LogP contribution in [0.2, 0.25) is 0 Å². The van der Waals surface area contributed by atoms with Gasteiger partial charge in [-0.1, -0.05) is 6.92 Å². The number of carboxylic acids is 1. The van der Waals surface area contributed by atoms with Crippen LogP contribution in [0.25, 0.3) is 0 Å². The molecule has 1 aliphatic heterocycles. The van der Waals surface area contributed by atoms with Crippen molar-refractivity contribution in [2.24, 2.45) is 11.8 Å². The van der Waals surface area contributed by atoms with Gasteiger partial charge in [0.1, 0.15) is 9.84 Å². The van der Waals surface area contributed by atoms with Gasteiger partial charge in [-0.2, -0.15) is 0 Å². The molecule has 2 N–H and O–H groups in total. The summed E-state index contributed by atoms with van der Waals surface area (Å²) >= 11 is 0.